The molecule has 1 N–H and O–H groups in total. The van der Waals surface area contributed by atoms with Crippen molar-refractivity contribution in [1.29, 1.82) is 0 Å². The highest BCUT2D eigenvalue weighted by Crippen LogP contribution is 2.47. The summed E-state index contributed by atoms with van der Waals surface area (Å²) in [6, 6.07) is 26.6. The number of halogens is 1. The highest BCUT2D eigenvalue weighted by molar-refractivity contribution is 6.35. The molecule has 2 aliphatic rings. The molecule has 0 saturated carbocycles. The van der Waals surface area contributed by atoms with Crippen LogP contribution in [0.3, 0.4) is 0 Å². The van der Waals surface area contributed by atoms with Crippen LogP contribution in [0, 0.1) is 22.0 Å². The molecule has 57 heavy (non-hydrogen) atoms. The molecule has 0 spiro atoms. The van der Waals surface area contributed by atoms with E-state index in [0.29, 0.717) is 24.3 Å². The predicted molar refractivity (Wildman–Crippen MR) is 210 cm³/mol. The van der Waals surface area contributed by atoms with Gasteiger partial charge >= 0.3 is 11.9 Å². The van der Waals surface area contributed by atoms with Crippen LogP contribution in [-0.2, 0) is 27.5 Å². The van der Waals surface area contributed by atoms with Crippen LogP contribution < -0.4 is 9.47 Å². The van der Waals surface area contributed by atoms with Crippen LogP contribution in [0.1, 0.15) is 58.5 Å². The lowest BCUT2D eigenvalue weighted by Crippen LogP contribution is -2.63. The number of non-ortho nitro benzene ring substituents is 1. The molecule has 0 bridgehead atoms. The second-order valence-electron chi connectivity index (χ2n) is 14.2. The minimum atomic E-state index is -1.04. The van der Waals surface area contributed by atoms with Gasteiger partial charge in [0.25, 0.3) is 5.69 Å². The standard InChI is InChI=1S/C43H42ClN3O10/c1-26-33(39(46-38(26)36(27(2)48)41(46)50)43(52)57-42(51)30-16-18-31(19-17-30)47(53)54)23-45(3)22-10-15-34(49)32-20-21-35(55-24-28-11-6-4-7-12-28)40(37(32)44)56-25-29-13-8-5-9-14-29/h4-9,11-14,16-21,26-27,36,38,48H,10,15,22-25H2,1-3H3/t26-,27+,36+,38+/m0/s1. The summed E-state index contributed by atoms with van der Waals surface area (Å²) in [5, 5.41) is 21.6. The molecule has 2 aliphatic heterocycles. The smallest absolute Gasteiger partial charge is 0.362 e. The summed E-state index contributed by atoms with van der Waals surface area (Å²) in [5.74, 6) is -3.17. The quantitative estimate of drug-likeness (QED) is 0.0299. The van der Waals surface area contributed by atoms with E-state index in [4.69, 9.17) is 25.8 Å². The van der Waals surface area contributed by atoms with Crippen LogP contribution in [0.4, 0.5) is 5.69 Å². The van der Waals surface area contributed by atoms with E-state index in [2.05, 4.69) is 0 Å². The SMILES string of the molecule is C[C@@H](O)[C@H]1C(=O)N2C(C(=O)OC(=O)c3ccc([N+](=O)[O-])cc3)=C(CN(C)CCCC(=O)c3ccc(OCc4ccccc4)c(OCc4ccccc4)c3Cl)[C@H](C)[C@H]12. The lowest BCUT2D eigenvalue weighted by molar-refractivity contribution is -0.384. The normalized spacial score (nSPS) is 17.8. The fourth-order valence-corrected chi connectivity index (χ4v) is 7.55. The van der Waals surface area contributed by atoms with Crippen molar-refractivity contribution in [2.24, 2.45) is 11.8 Å². The van der Waals surface area contributed by atoms with Crippen LogP contribution in [0.15, 0.2) is 108 Å². The molecule has 0 aromatic heterocycles. The third kappa shape index (κ3) is 9.07. The summed E-state index contributed by atoms with van der Waals surface area (Å²) in [5.41, 5.74) is 2.31. The third-order valence-electron chi connectivity index (χ3n) is 10.2. The number of likely N-dealkylation sites (N-methyl/N-ethyl adjacent to an activating group) is 1. The van der Waals surface area contributed by atoms with Gasteiger partial charge in [0.2, 0.25) is 5.91 Å². The van der Waals surface area contributed by atoms with E-state index < -0.39 is 40.8 Å². The number of nitrogens with zero attached hydrogens (tertiary/aromatic N) is 3. The Morgan fingerprint density at radius 2 is 1.53 bits per heavy atom. The molecule has 2 heterocycles. The molecule has 1 amide bonds. The molecule has 14 heteroatoms. The first-order valence-electron chi connectivity index (χ1n) is 18.5. The number of hydrogen-bond donors (Lipinski definition) is 1. The number of nitro benzene ring substituents is 1. The topological polar surface area (TPSA) is 166 Å². The summed E-state index contributed by atoms with van der Waals surface area (Å²) in [7, 11) is 1.81. The Labute approximate surface area is 334 Å². The number of ketones is 1. The number of aliphatic hydroxyl groups excluding tert-OH is 1. The van der Waals surface area contributed by atoms with E-state index in [0.717, 1.165) is 23.3 Å². The molecule has 4 aromatic rings. The number of aliphatic hydroxyl groups is 1. The monoisotopic (exact) mass is 795 g/mol. The van der Waals surface area contributed by atoms with Crippen LogP contribution in [0.5, 0.6) is 11.5 Å². The minimum Gasteiger partial charge on any atom is -0.485 e. The molecule has 13 nitrogen and oxygen atoms in total. The van der Waals surface area contributed by atoms with E-state index in [1.165, 1.54) is 24.0 Å². The summed E-state index contributed by atoms with van der Waals surface area (Å²) < 4.78 is 17.4. The van der Waals surface area contributed by atoms with Crippen LogP contribution in [0.2, 0.25) is 5.02 Å². The Morgan fingerprint density at radius 3 is 2.12 bits per heavy atom. The molecule has 4 atom stereocenters. The molecule has 0 unspecified atom stereocenters. The lowest BCUT2D eigenvalue weighted by atomic mass is 9.77. The number of carbonyl (C=O) groups is 4. The number of β-lactam (4-membered cyclic amide) rings is 1. The molecule has 0 aliphatic carbocycles. The second-order valence-corrected chi connectivity index (χ2v) is 14.6. The fourth-order valence-electron chi connectivity index (χ4n) is 7.23. The Kier molecular flexibility index (Phi) is 12.8. The zero-order valence-corrected chi connectivity index (χ0v) is 32.4. The van der Waals surface area contributed by atoms with Gasteiger partial charge < -0.3 is 29.1 Å². The van der Waals surface area contributed by atoms with Gasteiger partial charge in [0.1, 0.15) is 18.9 Å². The first-order valence-corrected chi connectivity index (χ1v) is 18.9. The van der Waals surface area contributed by atoms with Crippen molar-refractivity contribution in [2.75, 3.05) is 20.1 Å². The molecular weight excluding hydrogens is 754 g/mol. The van der Waals surface area contributed by atoms with Gasteiger partial charge in [-0.2, -0.15) is 0 Å². The fraction of sp³-hybridized carbons (Fsp3) is 0.302. The van der Waals surface area contributed by atoms with Crippen molar-refractivity contribution >= 4 is 40.9 Å². The van der Waals surface area contributed by atoms with Gasteiger partial charge in [-0.15, -0.1) is 0 Å². The zero-order chi connectivity index (χ0) is 40.8. The Hall–Kier alpha value is -5.89. The Morgan fingerprint density at radius 1 is 0.912 bits per heavy atom. The van der Waals surface area contributed by atoms with Gasteiger partial charge in [0, 0.05) is 36.6 Å². The van der Waals surface area contributed by atoms with Crippen LogP contribution in [-0.4, -0.2) is 75.7 Å². The molecule has 1 fully saturated rings. The first kappa shape index (κ1) is 40.8. The van der Waals surface area contributed by atoms with E-state index in [1.54, 1.807) is 19.2 Å². The number of benzene rings is 4. The number of carbonyl (C=O) groups excluding carboxylic acids is 4. The predicted octanol–water partition coefficient (Wildman–Crippen LogP) is 6.80. The van der Waals surface area contributed by atoms with Crippen molar-refractivity contribution in [3.8, 4) is 11.5 Å². The number of fused-ring (bicyclic) bond motifs is 1. The number of ether oxygens (including phenoxy) is 3. The maximum absolute atomic E-state index is 13.6. The number of nitro groups is 1. The second kappa shape index (κ2) is 17.9. The maximum Gasteiger partial charge on any atom is 0.362 e. The maximum atomic E-state index is 13.6. The van der Waals surface area contributed by atoms with E-state index in [1.807, 2.05) is 72.5 Å². The average Bonchev–Trinajstić information content (AvgIpc) is 3.43. The minimum absolute atomic E-state index is 0.0722. The summed E-state index contributed by atoms with van der Waals surface area (Å²) in [4.78, 5) is 66.9. The van der Waals surface area contributed by atoms with Gasteiger partial charge in [-0.05, 0) is 67.9 Å². The molecule has 4 aromatic carbocycles. The molecule has 296 valence electrons. The Bertz CT molecular complexity index is 2180. The summed E-state index contributed by atoms with van der Waals surface area (Å²) >= 11 is 6.86. The average molecular weight is 796 g/mol. The van der Waals surface area contributed by atoms with Crippen molar-refractivity contribution in [2.45, 2.75) is 52.0 Å². The van der Waals surface area contributed by atoms with Gasteiger partial charge in [-0.1, -0.05) is 79.2 Å². The van der Waals surface area contributed by atoms with E-state index in [9.17, 15) is 34.4 Å². The number of Topliss-reactive ketones (excluding diaryl/α,β-unsaturated/α-hetero) is 1. The highest BCUT2D eigenvalue weighted by Gasteiger charge is 2.60. The van der Waals surface area contributed by atoms with E-state index >= 15 is 0 Å². The van der Waals surface area contributed by atoms with Crippen molar-refractivity contribution in [3.05, 3.63) is 146 Å². The van der Waals surface area contributed by atoms with Crippen LogP contribution >= 0.6 is 11.6 Å². The van der Waals surface area contributed by atoms with Gasteiger partial charge in [0.15, 0.2) is 17.3 Å². The first-order chi connectivity index (χ1) is 27.3. The molecular formula is C43H42ClN3O10. The number of esters is 2. The zero-order valence-electron chi connectivity index (χ0n) is 31.6. The number of hydrogen-bond acceptors (Lipinski definition) is 11. The van der Waals surface area contributed by atoms with Crippen molar-refractivity contribution in [3.63, 3.8) is 0 Å². The van der Waals surface area contributed by atoms with E-state index in [-0.39, 0.29) is 71.2 Å². The van der Waals surface area contributed by atoms with Gasteiger partial charge in [-0.3, -0.25) is 19.7 Å². The highest BCUT2D eigenvalue weighted by atomic mass is 35.5. The molecule has 0 radical (unpaired) electrons. The lowest BCUT2D eigenvalue weighted by Gasteiger charge is -2.46. The van der Waals surface area contributed by atoms with Gasteiger partial charge in [0.05, 0.1) is 33.6 Å². The largest absolute Gasteiger partial charge is 0.485 e. The summed E-state index contributed by atoms with van der Waals surface area (Å²) in [6.07, 6.45) is -0.416. The molecule has 6 rings (SSSR count). The van der Waals surface area contributed by atoms with Gasteiger partial charge in [-0.25, -0.2) is 9.59 Å². The van der Waals surface area contributed by atoms with Crippen LogP contribution in [0.25, 0.3) is 0 Å². The molecule has 1 saturated heterocycles. The van der Waals surface area contributed by atoms with Crippen molar-refractivity contribution in [1.82, 2.24) is 9.80 Å². The Balaban J connectivity index is 1.14. The number of rotatable bonds is 17. The third-order valence-corrected chi connectivity index (χ3v) is 10.6. The summed E-state index contributed by atoms with van der Waals surface area (Å²) in [6.45, 7) is 4.45. The number of amides is 1. The van der Waals surface area contributed by atoms with Crippen molar-refractivity contribution < 1.29 is 43.4 Å².